The van der Waals surface area contributed by atoms with Crippen LogP contribution >= 0.6 is 0 Å². The predicted molar refractivity (Wildman–Crippen MR) is 71.8 cm³/mol. The van der Waals surface area contributed by atoms with Crippen LogP contribution in [0.15, 0.2) is 12.8 Å². The highest BCUT2D eigenvalue weighted by Crippen LogP contribution is 2.14. The van der Waals surface area contributed by atoms with Gasteiger partial charge in [-0.2, -0.15) is 0 Å². The normalized spacial score (nSPS) is 20.8. The fourth-order valence-corrected chi connectivity index (χ4v) is 2.22. The van der Waals surface area contributed by atoms with Crippen molar-refractivity contribution in [1.82, 2.24) is 9.80 Å². The molecule has 2 amide bonds. The predicted octanol–water partition coefficient (Wildman–Crippen LogP) is 2.16. The van der Waals surface area contributed by atoms with Gasteiger partial charge in [-0.15, -0.1) is 0 Å². The first-order valence-electron chi connectivity index (χ1n) is 6.81. The summed E-state index contributed by atoms with van der Waals surface area (Å²) in [5.41, 5.74) is 0. The Morgan fingerprint density at radius 2 is 1.83 bits per heavy atom. The van der Waals surface area contributed by atoms with Crippen molar-refractivity contribution in [2.75, 3.05) is 13.1 Å². The third-order valence-electron chi connectivity index (χ3n) is 3.56. The van der Waals surface area contributed by atoms with Gasteiger partial charge in [0, 0.05) is 32.0 Å². The van der Waals surface area contributed by atoms with E-state index < -0.39 is 0 Å². The van der Waals surface area contributed by atoms with E-state index >= 15 is 0 Å². The summed E-state index contributed by atoms with van der Waals surface area (Å²) in [7, 11) is 0. The van der Waals surface area contributed by atoms with Crippen molar-refractivity contribution < 1.29 is 9.59 Å². The second-order valence-electron chi connectivity index (χ2n) is 4.82. The Bertz CT molecular complexity index is 315. The molecule has 0 aromatic carbocycles. The van der Waals surface area contributed by atoms with Crippen LogP contribution < -0.4 is 0 Å². The number of hydrogen-bond donors (Lipinski definition) is 0. The van der Waals surface area contributed by atoms with Crippen molar-refractivity contribution in [2.24, 2.45) is 0 Å². The van der Waals surface area contributed by atoms with E-state index in [1.54, 1.807) is 11.1 Å². The van der Waals surface area contributed by atoms with E-state index in [0.717, 1.165) is 38.8 Å². The van der Waals surface area contributed by atoms with E-state index in [1.807, 2.05) is 4.90 Å². The molecule has 102 valence electrons. The van der Waals surface area contributed by atoms with Crippen LogP contribution in [0.4, 0.5) is 0 Å². The maximum atomic E-state index is 11.1. The minimum atomic E-state index is 0.208. The Morgan fingerprint density at radius 1 is 1.22 bits per heavy atom. The Morgan fingerprint density at radius 3 is 2.17 bits per heavy atom. The number of nitrogens with zero attached hydrogens (tertiary/aromatic N) is 2. The maximum Gasteiger partial charge on any atom is 0.226 e. The summed E-state index contributed by atoms with van der Waals surface area (Å²) in [6.45, 7) is 9.58. The van der Waals surface area contributed by atoms with Crippen LogP contribution in [0.3, 0.4) is 0 Å². The Hall–Kier alpha value is -1.32. The number of carbonyl (C=O) groups excluding carboxylic acids is 2. The van der Waals surface area contributed by atoms with Gasteiger partial charge in [0.1, 0.15) is 0 Å². The molecule has 2 heterocycles. The lowest BCUT2D eigenvalue weighted by atomic mass is 10.2. The molecule has 2 aliphatic heterocycles. The zero-order valence-corrected chi connectivity index (χ0v) is 11.5. The second kappa shape index (κ2) is 7.19. The number of amides is 2. The summed E-state index contributed by atoms with van der Waals surface area (Å²) in [4.78, 5) is 25.4. The lowest BCUT2D eigenvalue weighted by molar-refractivity contribution is -0.129. The van der Waals surface area contributed by atoms with Crippen molar-refractivity contribution in [3.63, 3.8) is 0 Å². The molecule has 0 bridgehead atoms. The van der Waals surface area contributed by atoms with Gasteiger partial charge in [0.15, 0.2) is 0 Å². The first kappa shape index (κ1) is 14.7. The van der Waals surface area contributed by atoms with Crippen molar-refractivity contribution in [3.8, 4) is 0 Å². The molecule has 0 radical (unpaired) electrons. The molecule has 2 rings (SSSR count). The Kier molecular flexibility index (Phi) is 5.89. The van der Waals surface area contributed by atoms with E-state index in [-0.39, 0.29) is 5.91 Å². The van der Waals surface area contributed by atoms with Gasteiger partial charge in [-0.25, -0.2) is 0 Å². The third-order valence-corrected chi connectivity index (χ3v) is 3.56. The fraction of sp³-hybridized carbons (Fsp3) is 0.714. The van der Waals surface area contributed by atoms with Crippen LogP contribution in [-0.4, -0.2) is 40.7 Å². The van der Waals surface area contributed by atoms with Crippen LogP contribution in [0.5, 0.6) is 0 Å². The molecule has 1 unspecified atom stereocenters. The molecule has 0 aliphatic carbocycles. The van der Waals surface area contributed by atoms with E-state index in [9.17, 15) is 9.59 Å². The molecule has 4 nitrogen and oxygen atoms in total. The van der Waals surface area contributed by atoms with Crippen molar-refractivity contribution in [1.29, 1.82) is 0 Å². The summed E-state index contributed by atoms with van der Waals surface area (Å²) >= 11 is 0. The standard InChI is InChI=1S/C8H15NO.C6H9NO/c1-3-7(2)9-6-4-5-8(9)10;1-2-7-5-3-4-6(7)8/h7H,3-6H2,1-2H3;2H,1,3-5H2. The zero-order valence-electron chi connectivity index (χ0n) is 11.5. The quantitative estimate of drug-likeness (QED) is 0.772. The van der Waals surface area contributed by atoms with Gasteiger partial charge in [-0.3, -0.25) is 9.59 Å². The molecule has 0 spiro atoms. The number of carbonyl (C=O) groups is 2. The zero-order chi connectivity index (χ0) is 13.5. The maximum absolute atomic E-state index is 11.1. The number of likely N-dealkylation sites (tertiary alicyclic amines) is 2. The molecule has 0 aromatic rings. The Balaban J connectivity index is 0.000000184. The van der Waals surface area contributed by atoms with E-state index in [4.69, 9.17) is 0 Å². The first-order chi connectivity index (χ1) is 8.60. The summed E-state index contributed by atoms with van der Waals surface area (Å²) < 4.78 is 0. The summed E-state index contributed by atoms with van der Waals surface area (Å²) in [6.07, 6.45) is 6.19. The van der Waals surface area contributed by atoms with Gasteiger partial charge in [0.05, 0.1) is 0 Å². The van der Waals surface area contributed by atoms with Crippen LogP contribution in [0.2, 0.25) is 0 Å². The average molecular weight is 252 g/mol. The fourth-order valence-electron chi connectivity index (χ4n) is 2.22. The van der Waals surface area contributed by atoms with Gasteiger partial charge in [0.2, 0.25) is 11.8 Å². The molecular weight excluding hydrogens is 228 g/mol. The van der Waals surface area contributed by atoms with Crippen molar-refractivity contribution in [2.45, 2.75) is 52.0 Å². The monoisotopic (exact) mass is 252 g/mol. The molecular formula is C14H24N2O2. The highest BCUT2D eigenvalue weighted by Gasteiger charge is 2.23. The highest BCUT2D eigenvalue weighted by molar-refractivity contribution is 5.79. The van der Waals surface area contributed by atoms with Gasteiger partial charge in [-0.1, -0.05) is 13.5 Å². The van der Waals surface area contributed by atoms with Crippen LogP contribution in [0, 0.1) is 0 Å². The number of hydrogen-bond acceptors (Lipinski definition) is 2. The first-order valence-corrected chi connectivity index (χ1v) is 6.81. The average Bonchev–Trinajstić information content (AvgIpc) is 2.97. The molecule has 1 atom stereocenters. The Labute approximate surface area is 110 Å². The lowest BCUT2D eigenvalue weighted by Gasteiger charge is -2.22. The van der Waals surface area contributed by atoms with Crippen molar-refractivity contribution in [3.05, 3.63) is 12.8 Å². The van der Waals surface area contributed by atoms with Gasteiger partial charge >= 0.3 is 0 Å². The molecule has 2 aliphatic rings. The van der Waals surface area contributed by atoms with E-state index in [0.29, 0.717) is 18.4 Å². The van der Waals surface area contributed by atoms with Crippen LogP contribution in [-0.2, 0) is 9.59 Å². The highest BCUT2D eigenvalue weighted by atomic mass is 16.2. The van der Waals surface area contributed by atoms with Gasteiger partial charge < -0.3 is 9.80 Å². The van der Waals surface area contributed by atoms with E-state index in [2.05, 4.69) is 20.4 Å². The van der Waals surface area contributed by atoms with Gasteiger partial charge in [-0.05, 0) is 32.4 Å². The largest absolute Gasteiger partial charge is 0.340 e. The summed E-state index contributed by atoms with van der Waals surface area (Å²) in [5, 5.41) is 0. The molecule has 2 fully saturated rings. The third kappa shape index (κ3) is 3.86. The van der Waals surface area contributed by atoms with Gasteiger partial charge in [0.25, 0.3) is 0 Å². The second-order valence-corrected chi connectivity index (χ2v) is 4.82. The summed E-state index contributed by atoms with van der Waals surface area (Å²) in [6, 6.07) is 0.454. The number of rotatable bonds is 3. The minimum absolute atomic E-state index is 0.208. The summed E-state index contributed by atoms with van der Waals surface area (Å²) in [5.74, 6) is 0.550. The van der Waals surface area contributed by atoms with Crippen LogP contribution in [0.1, 0.15) is 46.0 Å². The molecule has 18 heavy (non-hydrogen) atoms. The molecule has 0 N–H and O–H groups in total. The topological polar surface area (TPSA) is 40.6 Å². The molecule has 2 saturated heterocycles. The molecule has 4 heteroatoms. The minimum Gasteiger partial charge on any atom is -0.340 e. The lowest BCUT2D eigenvalue weighted by Crippen LogP contribution is -2.33. The van der Waals surface area contributed by atoms with Crippen LogP contribution in [0.25, 0.3) is 0 Å². The van der Waals surface area contributed by atoms with E-state index in [1.165, 1.54) is 0 Å². The smallest absolute Gasteiger partial charge is 0.226 e. The van der Waals surface area contributed by atoms with Crippen molar-refractivity contribution >= 4 is 11.8 Å². The SMILES string of the molecule is C=CN1CCCC1=O.CCC(C)N1CCCC1=O. The molecule has 0 saturated carbocycles. The molecule has 0 aromatic heterocycles.